The van der Waals surface area contributed by atoms with E-state index in [2.05, 4.69) is 36.2 Å². The Bertz CT molecular complexity index is 515. The van der Waals surface area contributed by atoms with Gasteiger partial charge in [0.1, 0.15) is 5.52 Å². The van der Waals surface area contributed by atoms with E-state index >= 15 is 0 Å². The molecule has 2 aromatic heterocycles. The van der Waals surface area contributed by atoms with Gasteiger partial charge in [-0.25, -0.2) is 9.50 Å². The molecule has 1 N–H and O–H groups in total. The molecular weight excluding hydrogens is 248 g/mol. The molecule has 2 rings (SSSR count). The van der Waals surface area contributed by atoms with Crippen LogP contribution in [0, 0.1) is 5.41 Å². The van der Waals surface area contributed by atoms with Crippen molar-refractivity contribution in [2.24, 2.45) is 5.41 Å². The number of hydrogen-bond donors (Lipinski definition) is 1. The zero-order valence-electron chi connectivity index (χ0n) is 11.0. The van der Waals surface area contributed by atoms with Crippen molar-refractivity contribution in [3.8, 4) is 0 Å². The number of rotatable bonds is 4. The van der Waals surface area contributed by atoms with Gasteiger partial charge in [0.15, 0.2) is 5.82 Å². The largest absolute Gasteiger partial charge is 0.365 e. The summed E-state index contributed by atoms with van der Waals surface area (Å²) >= 11 is 5.89. The lowest BCUT2D eigenvalue weighted by atomic mass is 9.85. The standard InChI is InChI=1S/C13H19ClN4/c1-13(2,3)11(4-6-14)17-12-10-5-7-16-18(10)9-8-15-12/h5,7-9,11H,4,6H2,1-3H3,(H,15,17). The molecule has 0 aliphatic heterocycles. The van der Waals surface area contributed by atoms with E-state index in [9.17, 15) is 0 Å². The summed E-state index contributed by atoms with van der Waals surface area (Å²) in [5.41, 5.74) is 1.12. The van der Waals surface area contributed by atoms with Gasteiger partial charge in [0, 0.05) is 24.3 Å². The number of alkyl halides is 1. The monoisotopic (exact) mass is 266 g/mol. The van der Waals surface area contributed by atoms with Crippen LogP contribution in [0.5, 0.6) is 0 Å². The van der Waals surface area contributed by atoms with Crippen LogP contribution in [0.4, 0.5) is 5.82 Å². The van der Waals surface area contributed by atoms with E-state index < -0.39 is 0 Å². The Hall–Kier alpha value is -1.29. The minimum Gasteiger partial charge on any atom is -0.365 e. The fourth-order valence-corrected chi connectivity index (χ4v) is 2.18. The third-order valence-electron chi connectivity index (χ3n) is 3.08. The van der Waals surface area contributed by atoms with Gasteiger partial charge in [0.25, 0.3) is 0 Å². The maximum Gasteiger partial charge on any atom is 0.152 e. The molecule has 98 valence electrons. The molecule has 0 saturated heterocycles. The Morgan fingerprint density at radius 2 is 2.17 bits per heavy atom. The Morgan fingerprint density at radius 1 is 1.39 bits per heavy atom. The van der Waals surface area contributed by atoms with E-state index in [1.807, 2.05) is 16.8 Å². The zero-order chi connectivity index (χ0) is 13.2. The maximum absolute atomic E-state index is 5.89. The van der Waals surface area contributed by atoms with Crippen molar-refractivity contribution in [3.63, 3.8) is 0 Å². The molecule has 0 amide bonds. The summed E-state index contributed by atoms with van der Waals surface area (Å²) in [6.07, 6.45) is 6.27. The quantitative estimate of drug-likeness (QED) is 0.865. The molecule has 0 aliphatic rings. The maximum atomic E-state index is 5.89. The molecule has 18 heavy (non-hydrogen) atoms. The summed E-state index contributed by atoms with van der Waals surface area (Å²) in [5.74, 6) is 1.50. The lowest BCUT2D eigenvalue weighted by molar-refractivity contribution is 0.334. The second-order valence-corrected chi connectivity index (χ2v) is 5.86. The van der Waals surface area contributed by atoms with Crippen LogP contribution >= 0.6 is 11.6 Å². The van der Waals surface area contributed by atoms with Crippen LogP contribution in [0.2, 0.25) is 0 Å². The zero-order valence-corrected chi connectivity index (χ0v) is 11.8. The van der Waals surface area contributed by atoms with Gasteiger partial charge < -0.3 is 5.32 Å². The van der Waals surface area contributed by atoms with Crippen LogP contribution in [0.3, 0.4) is 0 Å². The number of halogens is 1. The Balaban J connectivity index is 2.28. The third kappa shape index (κ3) is 2.75. The van der Waals surface area contributed by atoms with Crippen molar-refractivity contribution < 1.29 is 0 Å². The summed E-state index contributed by atoms with van der Waals surface area (Å²) in [6.45, 7) is 6.61. The lowest BCUT2D eigenvalue weighted by Crippen LogP contribution is -2.34. The Labute approximate surface area is 112 Å². The van der Waals surface area contributed by atoms with Gasteiger partial charge in [-0.3, -0.25) is 0 Å². The summed E-state index contributed by atoms with van der Waals surface area (Å²) in [4.78, 5) is 4.40. The number of hydrogen-bond acceptors (Lipinski definition) is 3. The van der Waals surface area contributed by atoms with Gasteiger partial charge >= 0.3 is 0 Å². The number of nitrogens with one attached hydrogen (secondary N) is 1. The van der Waals surface area contributed by atoms with Gasteiger partial charge in [-0.05, 0) is 17.9 Å². The first-order valence-electron chi connectivity index (χ1n) is 6.13. The predicted octanol–water partition coefficient (Wildman–Crippen LogP) is 3.18. The highest BCUT2D eigenvalue weighted by Gasteiger charge is 2.24. The molecule has 5 heteroatoms. The molecular formula is C13H19ClN4. The predicted molar refractivity (Wildman–Crippen MR) is 75.2 cm³/mol. The topological polar surface area (TPSA) is 42.2 Å². The van der Waals surface area contributed by atoms with Gasteiger partial charge in [-0.15, -0.1) is 11.6 Å². The fraction of sp³-hybridized carbons (Fsp3) is 0.538. The molecule has 2 heterocycles. The van der Waals surface area contributed by atoms with Crippen molar-refractivity contribution in [1.29, 1.82) is 0 Å². The number of fused-ring (bicyclic) bond motifs is 1. The van der Waals surface area contributed by atoms with Crippen LogP contribution < -0.4 is 5.32 Å². The van der Waals surface area contributed by atoms with Crippen molar-refractivity contribution in [2.45, 2.75) is 33.2 Å². The van der Waals surface area contributed by atoms with Gasteiger partial charge in [-0.2, -0.15) is 5.10 Å². The number of anilines is 1. The second kappa shape index (κ2) is 5.14. The Morgan fingerprint density at radius 3 is 2.83 bits per heavy atom. The van der Waals surface area contributed by atoms with Crippen LogP contribution in [0.15, 0.2) is 24.7 Å². The van der Waals surface area contributed by atoms with Crippen LogP contribution in [-0.4, -0.2) is 26.5 Å². The summed E-state index contributed by atoms with van der Waals surface area (Å²) < 4.78 is 1.82. The first-order chi connectivity index (χ1) is 8.52. The molecule has 1 unspecified atom stereocenters. The van der Waals surface area contributed by atoms with Crippen molar-refractivity contribution in [1.82, 2.24) is 14.6 Å². The molecule has 0 spiro atoms. The van der Waals surface area contributed by atoms with E-state index in [1.165, 1.54) is 0 Å². The lowest BCUT2D eigenvalue weighted by Gasteiger charge is -2.31. The fourth-order valence-electron chi connectivity index (χ4n) is 1.96. The highest BCUT2D eigenvalue weighted by molar-refractivity contribution is 6.17. The van der Waals surface area contributed by atoms with E-state index in [4.69, 9.17) is 11.6 Å². The van der Waals surface area contributed by atoms with Crippen molar-refractivity contribution >= 4 is 22.9 Å². The minimum absolute atomic E-state index is 0.128. The first kappa shape index (κ1) is 13.1. The van der Waals surface area contributed by atoms with Crippen molar-refractivity contribution in [3.05, 3.63) is 24.7 Å². The molecule has 0 fully saturated rings. The van der Waals surface area contributed by atoms with E-state index in [0.717, 1.165) is 17.8 Å². The molecule has 0 aliphatic carbocycles. The highest BCUT2D eigenvalue weighted by Crippen LogP contribution is 2.26. The number of nitrogens with zero attached hydrogens (tertiary/aromatic N) is 3. The summed E-state index contributed by atoms with van der Waals surface area (Å²) in [5, 5.41) is 7.70. The molecule has 0 aromatic carbocycles. The molecule has 1 atom stereocenters. The minimum atomic E-state index is 0.128. The van der Waals surface area contributed by atoms with Crippen LogP contribution in [0.1, 0.15) is 27.2 Å². The number of aromatic nitrogens is 3. The normalized spacial score (nSPS) is 13.8. The summed E-state index contributed by atoms with van der Waals surface area (Å²) in [6, 6.07) is 2.24. The van der Waals surface area contributed by atoms with E-state index in [-0.39, 0.29) is 11.5 Å². The smallest absolute Gasteiger partial charge is 0.152 e. The van der Waals surface area contributed by atoms with Gasteiger partial charge in [0.05, 0.1) is 6.20 Å². The molecule has 0 saturated carbocycles. The SMILES string of the molecule is CC(C)(C)C(CCCl)Nc1nccn2nccc12. The van der Waals surface area contributed by atoms with Crippen LogP contribution in [0.25, 0.3) is 5.52 Å². The molecule has 0 bridgehead atoms. The first-order valence-corrected chi connectivity index (χ1v) is 6.66. The third-order valence-corrected chi connectivity index (χ3v) is 3.30. The molecule has 0 radical (unpaired) electrons. The average Bonchev–Trinajstić information content (AvgIpc) is 2.76. The summed E-state index contributed by atoms with van der Waals surface area (Å²) in [7, 11) is 0. The van der Waals surface area contributed by atoms with E-state index in [0.29, 0.717) is 5.88 Å². The van der Waals surface area contributed by atoms with E-state index in [1.54, 1.807) is 12.4 Å². The molecule has 4 nitrogen and oxygen atoms in total. The highest BCUT2D eigenvalue weighted by atomic mass is 35.5. The van der Waals surface area contributed by atoms with Gasteiger partial charge in [-0.1, -0.05) is 20.8 Å². The second-order valence-electron chi connectivity index (χ2n) is 5.48. The molecule has 2 aromatic rings. The average molecular weight is 267 g/mol. The van der Waals surface area contributed by atoms with Crippen molar-refractivity contribution in [2.75, 3.05) is 11.2 Å². The van der Waals surface area contributed by atoms with Crippen LogP contribution in [-0.2, 0) is 0 Å². The Kier molecular flexibility index (Phi) is 3.76. The van der Waals surface area contributed by atoms with Gasteiger partial charge in [0.2, 0.25) is 0 Å².